The van der Waals surface area contributed by atoms with Crippen molar-refractivity contribution in [1.82, 2.24) is 4.90 Å². The third-order valence-corrected chi connectivity index (χ3v) is 3.95. The molecule has 0 spiro atoms. The quantitative estimate of drug-likeness (QED) is 0.778. The van der Waals surface area contributed by atoms with Crippen molar-refractivity contribution >= 4 is 40.7 Å². The van der Waals surface area contributed by atoms with Crippen molar-refractivity contribution in [3.8, 4) is 0 Å². The number of halogens is 3. The molecule has 0 heterocycles. The van der Waals surface area contributed by atoms with Crippen LogP contribution < -0.4 is 0 Å². The Hall–Kier alpha value is -1.22. The lowest BCUT2D eigenvalue weighted by Gasteiger charge is -2.18. The Balaban J connectivity index is 2.00. The van der Waals surface area contributed by atoms with Gasteiger partial charge in [-0.3, -0.25) is 4.79 Å². The maximum Gasteiger partial charge on any atom is 0.227 e. The number of rotatable bonds is 4. The van der Waals surface area contributed by atoms with Crippen LogP contribution in [0.3, 0.4) is 0 Å². The van der Waals surface area contributed by atoms with Crippen LogP contribution in [0.1, 0.15) is 11.1 Å². The lowest BCUT2D eigenvalue weighted by molar-refractivity contribution is -0.129. The summed E-state index contributed by atoms with van der Waals surface area (Å²) in [5.74, 6) is -0.00540. The van der Waals surface area contributed by atoms with E-state index in [9.17, 15) is 4.79 Å². The van der Waals surface area contributed by atoms with E-state index in [0.717, 1.165) is 11.1 Å². The second-order valence-corrected chi connectivity index (χ2v) is 6.07. The van der Waals surface area contributed by atoms with Gasteiger partial charge in [0, 0.05) is 28.7 Å². The minimum atomic E-state index is -0.00540. The van der Waals surface area contributed by atoms with Crippen LogP contribution in [0.2, 0.25) is 15.1 Å². The van der Waals surface area contributed by atoms with E-state index < -0.39 is 0 Å². The Morgan fingerprint density at radius 2 is 1.62 bits per heavy atom. The summed E-state index contributed by atoms with van der Waals surface area (Å²) in [5.41, 5.74) is 1.80. The smallest absolute Gasteiger partial charge is 0.227 e. The number of likely N-dealkylation sites (N-methyl/N-ethyl adjacent to an activating group) is 1. The molecule has 0 atom stereocenters. The molecule has 2 nitrogen and oxygen atoms in total. The molecule has 0 saturated carbocycles. The first-order chi connectivity index (χ1) is 9.95. The van der Waals surface area contributed by atoms with Gasteiger partial charge < -0.3 is 4.90 Å². The molecule has 2 aromatic rings. The van der Waals surface area contributed by atoms with Crippen molar-refractivity contribution in [3.63, 3.8) is 0 Å². The maximum atomic E-state index is 12.2. The van der Waals surface area contributed by atoms with E-state index in [1.807, 2.05) is 24.3 Å². The van der Waals surface area contributed by atoms with Gasteiger partial charge in [0.05, 0.1) is 6.42 Å². The lowest BCUT2D eigenvalue weighted by Crippen LogP contribution is -2.27. The average molecular weight is 343 g/mol. The summed E-state index contributed by atoms with van der Waals surface area (Å²) in [7, 11) is 1.76. The molecular formula is C16H14Cl3NO. The third-order valence-electron chi connectivity index (χ3n) is 3.12. The number of hydrogen-bond donors (Lipinski definition) is 0. The molecule has 0 saturated heterocycles. The number of benzene rings is 2. The lowest BCUT2D eigenvalue weighted by atomic mass is 10.1. The van der Waals surface area contributed by atoms with Crippen molar-refractivity contribution in [2.45, 2.75) is 13.0 Å². The van der Waals surface area contributed by atoms with Gasteiger partial charge in [0.15, 0.2) is 0 Å². The molecule has 0 aliphatic rings. The number of nitrogens with zero attached hydrogens (tertiary/aromatic N) is 1. The molecular weight excluding hydrogens is 329 g/mol. The van der Waals surface area contributed by atoms with Gasteiger partial charge in [-0.2, -0.15) is 0 Å². The fourth-order valence-corrected chi connectivity index (χ4v) is 2.52. The zero-order chi connectivity index (χ0) is 15.4. The fraction of sp³-hybridized carbons (Fsp3) is 0.188. The Labute approximate surface area is 139 Å². The molecule has 0 aliphatic carbocycles. The van der Waals surface area contributed by atoms with Gasteiger partial charge in [-0.25, -0.2) is 0 Å². The number of carbonyl (C=O) groups excluding carboxylic acids is 1. The highest BCUT2D eigenvalue weighted by atomic mass is 35.5. The van der Waals surface area contributed by atoms with Gasteiger partial charge >= 0.3 is 0 Å². The summed E-state index contributed by atoms with van der Waals surface area (Å²) in [6.45, 7) is 0.529. The molecule has 0 aromatic heterocycles. The monoisotopic (exact) mass is 341 g/mol. The predicted molar refractivity (Wildman–Crippen MR) is 88.1 cm³/mol. The summed E-state index contributed by atoms with van der Waals surface area (Å²) >= 11 is 17.8. The first kappa shape index (κ1) is 16.2. The minimum Gasteiger partial charge on any atom is -0.341 e. The molecule has 0 N–H and O–H groups in total. The Bertz CT molecular complexity index is 640. The van der Waals surface area contributed by atoms with E-state index in [0.29, 0.717) is 21.6 Å². The van der Waals surface area contributed by atoms with Gasteiger partial charge in [-0.05, 0) is 35.4 Å². The summed E-state index contributed by atoms with van der Waals surface area (Å²) in [6, 6.07) is 12.6. The normalized spacial score (nSPS) is 10.5. The third kappa shape index (κ3) is 4.63. The molecule has 5 heteroatoms. The molecule has 0 unspecified atom stereocenters. The van der Waals surface area contributed by atoms with Gasteiger partial charge in [0.25, 0.3) is 0 Å². The minimum absolute atomic E-state index is 0.00540. The van der Waals surface area contributed by atoms with Gasteiger partial charge in [-0.1, -0.05) is 53.0 Å². The van der Waals surface area contributed by atoms with Gasteiger partial charge in [0.1, 0.15) is 0 Å². The van der Waals surface area contributed by atoms with Crippen LogP contribution in [0.5, 0.6) is 0 Å². The standard InChI is InChI=1S/C16H14Cl3NO/c1-20(10-11-2-5-13(17)6-3-11)16(21)8-12-4-7-14(18)9-15(12)19/h2-7,9H,8,10H2,1H3. The Morgan fingerprint density at radius 1 is 1.00 bits per heavy atom. The number of hydrogen-bond acceptors (Lipinski definition) is 1. The maximum absolute atomic E-state index is 12.2. The number of carbonyl (C=O) groups is 1. The highest BCUT2D eigenvalue weighted by Gasteiger charge is 2.12. The fourth-order valence-electron chi connectivity index (χ4n) is 1.91. The zero-order valence-electron chi connectivity index (χ0n) is 11.4. The number of amides is 1. The van der Waals surface area contributed by atoms with E-state index in [1.165, 1.54) is 0 Å². The van der Waals surface area contributed by atoms with Crippen LogP contribution in [-0.2, 0) is 17.8 Å². The van der Waals surface area contributed by atoms with Gasteiger partial charge in [0.2, 0.25) is 5.91 Å². The highest BCUT2D eigenvalue weighted by molar-refractivity contribution is 6.35. The zero-order valence-corrected chi connectivity index (χ0v) is 13.7. The van der Waals surface area contributed by atoms with Crippen LogP contribution in [0, 0.1) is 0 Å². The first-order valence-electron chi connectivity index (χ1n) is 6.38. The summed E-state index contributed by atoms with van der Waals surface area (Å²) in [4.78, 5) is 13.9. The molecule has 21 heavy (non-hydrogen) atoms. The molecule has 0 bridgehead atoms. The van der Waals surface area contributed by atoms with E-state index in [1.54, 1.807) is 30.1 Å². The summed E-state index contributed by atoms with van der Waals surface area (Å²) in [6.07, 6.45) is 0.250. The summed E-state index contributed by atoms with van der Waals surface area (Å²) < 4.78 is 0. The molecule has 1 amide bonds. The topological polar surface area (TPSA) is 20.3 Å². The second kappa shape index (κ2) is 7.17. The second-order valence-electron chi connectivity index (χ2n) is 4.79. The van der Waals surface area contributed by atoms with Crippen molar-refractivity contribution in [2.75, 3.05) is 7.05 Å². The van der Waals surface area contributed by atoms with Crippen LogP contribution in [0.25, 0.3) is 0 Å². The van der Waals surface area contributed by atoms with Gasteiger partial charge in [-0.15, -0.1) is 0 Å². The first-order valence-corrected chi connectivity index (χ1v) is 7.51. The molecule has 0 fully saturated rings. The van der Waals surface area contributed by atoms with E-state index >= 15 is 0 Å². The van der Waals surface area contributed by atoms with Crippen LogP contribution in [0.4, 0.5) is 0 Å². The van der Waals surface area contributed by atoms with E-state index in [-0.39, 0.29) is 12.3 Å². The molecule has 0 aliphatic heterocycles. The van der Waals surface area contributed by atoms with Crippen LogP contribution >= 0.6 is 34.8 Å². The molecule has 0 radical (unpaired) electrons. The average Bonchev–Trinajstić information content (AvgIpc) is 2.44. The summed E-state index contributed by atoms with van der Waals surface area (Å²) in [5, 5.41) is 1.75. The van der Waals surface area contributed by atoms with Crippen molar-refractivity contribution in [1.29, 1.82) is 0 Å². The predicted octanol–water partition coefficient (Wildman–Crippen LogP) is 4.85. The SMILES string of the molecule is CN(Cc1ccc(Cl)cc1)C(=O)Cc1ccc(Cl)cc1Cl. The van der Waals surface area contributed by atoms with Crippen molar-refractivity contribution in [3.05, 3.63) is 68.7 Å². The van der Waals surface area contributed by atoms with E-state index in [4.69, 9.17) is 34.8 Å². The van der Waals surface area contributed by atoms with Crippen LogP contribution in [0.15, 0.2) is 42.5 Å². The Kier molecular flexibility index (Phi) is 5.51. The van der Waals surface area contributed by atoms with Crippen molar-refractivity contribution in [2.24, 2.45) is 0 Å². The van der Waals surface area contributed by atoms with E-state index in [2.05, 4.69) is 0 Å². The Morgan fingerprint density at radius 3 is 2.24 bits per heavy atom. The van der Waals surface area contributed by atoms with Crippen LogP contribution in [-0.4, -0.2) is 17.9 Å². The molecule has 2 aromatic carbocycles. The highest BCUT2D eigenvalue weighted by Crippen LogP contribution is 2.22. The molecule has 2 rings (SSSR count). The van der Waals surface area contributed by atoms with Crippen molar-refractivity contribution < 1.29 is 4.79 Å². The molecule has 110 valence electrons. The largest absolute Gasteiger partial charge is 0.341 e.